The number of carbonyl (C=O) groups is 2. The topological polar surface area (TPSA) is 174 Å². The Kier molecular flexibility index (Phi) is 9.63. The number of amides is 1. The lowest BCUT2D eigenvalue weighted by molar-refractivity contribution is -0.180. The van der Waals surface area contributed by atoms with Crippen LogP contribution >= 0.6 is 0 Å². The van der Waals surface area contributed by atoms with Gasteiger partial charge in [-0.15, -0.1) is 0 Å². The number of aliphatic hydroxyl groups excluding tert-OH is 2. The summed E-state index contributed by atoms with van der Waals surface area (Å²) in [5, 5.41) is 50.0. The fraction of sp³-hybridized carbons (Fsp3) is 0.590. The number of carbonyl (C=O) groups excluding carboxylic acids is 2. The van der Waals surface area contributed by atoms with Gasteiger partial charge in [0.05, 0.1) is 34.9 Å². The number of ether oxygens (including phenoxy) is 2. The Hall–Kier alpha value is -3.84. The lowest BCUT2D eigenvalue weighted by Crippen LogP contribution is -2.47. The first-order chi connectivity index (χ1) is 23.9. The molecule has 5 bridgehead atoms. The molecular weight excluding hydrogens is 652 g/mol. The predicted molar refractivity (Wildman–Crippen MR) is 193 cm³/mol. The molecule has 1 spiro atoms. The minimum absolute atomic E-state index is 0.0425. The van der Waals surface area contributed by atoms with Gasteiger partial charge in [-0.3, -0.25) is 14.6 Å². The van der Waals surface area contributed by atoms with Crippen LogP contribution in [0.3, 0.4) is 0 Å². The second kappa shape index (κ2) is 13.3. The summed E-state index contributed by atoms with van der Waals surface area (Å²) in [5.41, 5.74) is 0.160. The molecule has 5 aliphatic rings. The van der Waals surface area contributed by atoms with Crippen molar-refractivity contribution in [3.63, 3.8) is 0 Å². The molecule has 5 heterocycles. The van der Waals surface area contributed by atoms with Crippen LogP contribution in [-0.2, 0) is 9.53 Å². The molecule has 0 radical (unpaired) electrons. The molecule has 5 N–H and O–H groups in total. The van der Waals surface area contributed by atoms with E-state index in [1.54, 1.807) is 52.8 Å². The van der Waals surface area contributed by atoms with Crippen LogP contribution in [0.25, 0.3) is 10.8 Å². The van der Waals surface area contributed by atoms with Crippen molar-refractivity contribution < 1.29 is 39.5 Å². The Balaban J connectivity index is 1.61. The van der Waals surface area contributed by atoms with E-state index in [-0.39, 0.29) is 55.6 Å². The van der Waals surface area contributed by atoms with Crippen LogP contribution in [0.2, 0.25) is 0 Å². The molecule has 1 fully saturated rings. The average molecular weight is 705 g/mol. The number of aliphatic hydroxyl groups is 2. The lowest BCUT2D eigenvalue weighted by Gasteiger charge is -2.38. The van der Waals surface area contributed by atoms with Crippen molar-refractivity contribution in [2.24, 2.45) is 33.7 Å². The summed E-state index contributed by atoms with van der Waals surface area (Å²) in [4.78, 5) is 40.1. The van der Waals surface area contributed by atoms with E-state index in [0.717, 1.165) is 19.6 Å². The minimum atomic E-state index is -1.85. The number of anilines is 1. The van der Waals surface area contributed by atoms with E-state index in [9.17, 15) is 30.0 Å². The molecule has 7 atom stereocenters. The van der Waals surface area contributed by atoms with E-state index in [4.69, 9.17) is 14.5 Å². The largest absolute Gasteiger partial charge is 0.507 e. The van der Waals surface area contributed by atoms with Gasteiger partial charge in [0.1, 0.15) is 27.9 Å². The Labute approximate surface area is 298 Å². The van der Waals surface area contributed by atoms with Crippen LogP contribution in [0.1, 0.15) is 84.2 Å². The van der Waals surface area contributed by atoms with Crippen molar-refractivity contribution in [3.05, 3.63) is 45.6 Å². The van der Waals surface area contributed by atoms with Gasteiger partial charge in [-0.2, -0.15) is 0 Å². The maximum atomic E-state index is 14.6. The number of phenols is 2. The molecule has 7 rings (SSSR count). The summed E-state index contributed by atoms with van der Waals surface area (Å²) in [6.45, 7) is 18.6. The summed E-state index contributed by atoms with van der Waals surface area (Å²) in [6.07, 6.45) is 3.61. The zero-order chi connectivity index (χ0) is 37.3. The number of piperidine rings is 1. The van der Waals surface area contributed by atoms with E-state index in [1.165, 1.54) is 6.92 Å². The molecule has 1 saturated heterocycles. The number of benzene rings is 2. The summed E-state index contributed by atoms with van der Waals surface area (Å²) in [6, 6.07) is 0. The quantitative estimate of drug-likeness (QED) is 0.287. The van der Waals surface area contributed by atoms with Gasteiger partial charge in [-0.25, -0.2) is 4.99 Å². The van der Waals surface area contributed by atoms with Crippen molar-refractivity contribution in [3.8, 4) is 17.2 Å². The van der Waals surface area contributed by atoms with Gasteiger partial charge in [0, 0.05) is 73.7 Å². The van der Waals surface area contributed by atoms with E-state index in [0.29, 0.717) is 24.4 Å². The highest BCUT2D eigenvalue weighted by Gasteiger charge is 2.51. The fourth-order valence-electron chi connectivity index (χ4n) is 8.00. The normalized spacial score (nSPS) is 32.8. The monoisotopic (exact) mass is 704 g/mol. The zero-order valence-electron chi connectivity index (χ0n) is 31.1. The minimum Gasteiger partial charge on any atom is -0.507 e. The third-order valence-corrected chi connectivity index (χ3v) is 11.4. The van der Waals surface area contributed by atoms with E-state index in [2.05, 4.69) is 29.1 Å². The smallest absolute Gasteiger partial charge is 0.273 e. The Bertz CT molecular complexity index is 1960. The first kappa shape index (κ1) is 36.9. The van der Waals surface area contributed by atoms with E-state index in [1.807, 2.05) is 6.92 Å². The summed E-state index contributed by atoms with van der Waals surface area (Å²) >= 11 is 0. The maximum Gasteiger partial charge on any atom is 0.273 e. The number of nitrogens with one attached hydrogen (secondary N) is 1. The molecule has 0 saturated carbocycles. The molecule has 2 aromatic rings. The van der Waals surface area contributed by atoms with Crippen molar-refractivity contribution in [2.45, 2.75) is 105 Å². The number of rotatable bonds is 2. The Morgan fingerprint density at radius 3 is 2.29 bits per heavy atom. The molecule has 12 nitrogen and oxygen atoms in total. The number of hydrogen-bond donors (Lipinski definition) is 5. The third-order valence-electron chi connectivity index (χ3n) is 11.4. The van der Waals surface area contributed by atoms with Gasteiger partial charge in [-0.1, -0.05) is 52.8 Å². The highest BCUT2D eigenvalue weighted by molar-refractivity contribution is 6.21. The first-order valence-electron chi connectivity index (χ1n) is 18.1. The van der Waals surface area contributed by atoms with Crippen molar-refractivity contribution in [1.82, 2.24) is 4.90 Å². The number of nitrogens with zero attached hydrogens (tertiary/aromatic N) is 3. The van der Waals surface area contributed by atoms with Crippen LogP contribution in [0.4, 0.5) is 5.69 Å². The van der Waals surface area contributed by atoms with Crippen molar-refractivity contribution in [1.29, 1.82) is 0 Å². The average Bonchev–Trinajstić information content (AvgIpc) is 3.57. The van der Waals surface area contributed by atoms with Gasteiger partial charge in [0.2, 0.25) is 5.78 Å². The molecule has 1 amide bonds. The molecule has 0 aliphatic carbocycles. The first-order valence-corrected chi connectivity index (χ1v) is 18.1. The number of allylic oxidation sites excluding steroid dienone is 2. The molecular formula is C39H52N4O8. The number of hydrogen-bond acceptors (Lipinski definition) is 11. The van der Waals surface area contributed by atoms with Gasteiger partial charge < -0.3 is 40.1 Å². The summed E-state index contributed by atoms with van der Waals surface area (Å²) in [5.74, 6) is -4.69. The highest BCUT2D eigenvalue weighted by Crippen LogP contribution is 2.51. The number of aromatic hydroxyl groups is 2. The molecule has 1 unspecified atom stereocenters. The molecule has 2 aromatic carbocycles. The number of phenolic OH excluding ortho intramolecular Hbond substituents is 2. The molecule has 5 aliphatic heterocycles. The fourth-order valence-corrected chi connectivity index (χ4v) is 8.00. The van der Waals surface area contributed by atoms with Crippen LogP contribution in [0.5, 0.6) is 17.2 Å². The van der Waals surface area contributed by atoms with Crippen molar-refractivity contribution >= 4 is 28.2 Å². The summed E-state index contributed by atoms with van der Waals surface area (Å²) < 4.78 is 12.7. The van der Waals surface area contributed by atoms with Crippen LogP contribution < -0.4 is 20.8 Å². The SMILES string of the molecule is C/C1=C/C=C/[C@H](C)[C@H](O)[C@@H](C)[C@@H](O)[C@@H](C)C(C)O[C@@]2(C)Oc3c(C)c(O)c4c(O)c(c5c(c4c3C2=O)NC2(CCN(CC(C)C)CC2)N=5)=NC1=O. The lowest BCUT2D eigenvalue weighted by atomic mass is 9.82. The predicted octanol–water partition coefficient (Wildman–Crippen LogP) is 4.04. The van der Waals surface area contributed by atoms with Crippen LogP contribution in [-0.4, -0.2) is 86.4 Å². The molecule has 51 heavy (non-hydrogen) atoms. The Morgan fingerprint density at radius 2 is 1.65 bits per heavy atom. The van der Waals surface area contributed by atoms with Gasteiger partial charge in [-0.05, 0) is 26.7 Å². The van der Waals surface area contributed by atoms with Crippen molar-refractivity contribution in [2.75, 3.05) is 25.0 Å². The summed E-state index contributed by atoms with van der Waals surface area (Å²) in [7, 11) is 0. The number of fused-ring (bicyclic) bond motifs is 10. The highest BCUT2D eigenvalue weighted by atomic mass is 16.7. The van der Waals surface area contributed by atoms with Gasteiger partial charge >= 0.3 is 0 Å². The second-order valence-corrected chi connectivity index (χ2v) is 15.7. The second-order valence-electron chi connectivity index (χ2n) is 15.7. The number of likely N-dealkylation sites (tertiary alicyclic amines) is 1. The molecule has 276 valence electrons. The van der Waals surface area contributed by atoms with Gasteiger partial charge in [0.15, 0.2) is 5.75 Å². The Morgan fingerprint density at radius 1 is 0.980 bits per heavy atom. The molecule has 12 heteroatoms. The van der Waals surface area contributed by atoms with Crippen LogP contribution in [0.15, 0.2) is 33.8 Å². The van der Waals surface area contributed by atoms with E-state index < -0.39 is 59.0 Å². The number of ketones is 1. The maximum absolute atomic E-state index is 14.6. The third kappa shape index (κ3) is 6.23. The van der Waals surface area contributed by atoms with Crippen LogP contribution in [0, 0.1) is 30.6 Å². The molecule has 0 aromatic heterocycles. The zero-order valence-corrected chi connectivity index (χ0v) is 31.1. The van der Waals surface area contributed by atoms with Gasteiger partial charge in [0.25, 0.3) is 11.7 Å². The standard InChI is InChI=1S/C39H52N4O8/c1-18(2)17-43-15-13-39(14-16-43)41-28-25-26-33(46)23(7)35-27(25)36(48)38(9,51-35)50-24(8)21(5)32(45)22(6)31(44)19(3)11-10-12-20(4)37(49)40-30(34(26)47)29(28)42-39/h10-12,18-19,21-22,24,31-32,41,44-47H,13-17H2,1-9H3/b11-10+,20-12-,40-30?/t19-,21-,22+,24?,31-,32-,38-/m0/s1. The number of Topliss-reactive ketones (excluding diaryl/α,β-unsaturated/α-hetero) is 1. The van der Waals surface area contributed by atoms with E-state index >= 15 is 0 Å².